The lowest BCUT2D eigenvalue weighted by Gasteiger charge is -2.33. The zero-order valence-electron chi connectivity index (χ0n) is 14.8. The molecule has 1 aromatic carbocycles. The molecule has 1 amide bonds. The van der Waals surface area contributed by atoms with Crippen LogP contribution in [0.5, 0.6) is 0 Å². The van der Waals surface area contributed by atoms with Crippen LogP contribution in [0.25, 0.3) is 10.9 Å². The van der Waals surface area contributed by atoms with Gasteiger partial charge in [-0.3, -0.25) is 14.2 Å². The van der Waals surface area contributed by atoms with Gasteiger partial charge in [0, 0.05) is 30.7 Å². The van der Waals surface area contributed by atoms with Crippen LogP contribution in [0.15, 0.2) is 23.0 Å². The number of ether oxygens (including phenoxy) is 1. The standard InChI is InChI=1S/C19H23N3O3S/c1-2-22-18(24)13-7-6-11(10-15(13)21-19(22)26)17(23)20-14-4-3-5-16-12(14)8-9-25-16/h6-7,10,12,14,16H,2-5,8-9H2,1H3,(H,20,23)(H,21,26). The predicted molar refractivity (Wildman–Crippen MR) is 102 cm³/mol. The van der Waals surface area contributed by atoms with Crippen LogP contribution < -0.4 is 10.9 Å². The van der Waals surface area contributed by atoms with E-state index in [9.17, 15) is 9.59 Å². The van der Waals surface area contributed by atoms with Crippen LogP contribution in [0, 0.1) is 10.7 Å². The molecule has 7 heteroatoms. The summed E-state index contributed by atoms with van der Waals surface area (Å²) in [7, 11) is 0. The van der Waals surface area contributed by atoms with Gasteiger partial charge in [-0.05, 0) is 63.0 Å². The SMILES string of the molecule is CCn1c(=S)[nH]c2cc(C(=O)NC3CCCC4OCCC34)ccc2c1=O. The van der Waals surface area contributed by atoms with E-state index >= 15 is 0 Å². The fourth-order valence-corrected chi connectivity index (χ4v) is 4.61. The van der Waals surface area contributed by atoms with Crippen molar-refractivity contribution in [2.45, 2.75) is 51.3 Å². The molecule has 2 heterocycles. The van der Waals surface area contributed by atoms with E-state index in [0.29, 0.717) is 33.7 Å². The van der Waals surface area contributed by atoms with Crippen molar-refractivity contribution < 1.29 is 9.53 Å². The molecule has 0 spiro atoms. The summed E-state index contributed by atoms with van der Waals surface area (Å²) in [6.45, 7) is 3.18. The van der Waals surface area contributed by atoms with Gasteiger partial charge < -0.3 is 15.0 Å². The number of nitrogens with zero attached hydrogens (tertiary/aromatic N) is 1. The molecule has 1 aromatic heterocycles. The lowest BCUT2D eigenvalue weighted by atomic mass is 9.81. The molecular weight excluding hydrogens is 350 g/mol. The van der Waals surface area contributed by atoms with E-state index in [2.05, 4.69) is 10.3 Å². The maximum atomic E-state index is 12.8. The third-order valence-electron chi connectivity index (χ3n) is 5.66. The Morgan fingerprint density at radius 2 is 2.23 bits per heavy atom. The number of fused-ring (bicyclic) bond motifs is 2. The smallest absolute Gasteiger partial charge is 0.262 e. The summed E-state index contributed by atoms with van der Waals surface area (Å²) < 4.78 is 7.66. The number of carbonyl (C=O) groups excluding carboxylic acids is 1. The molecule has 1 saturated heterocycles. The monoisotopic (exact) mass is 373 g/mol. The maximum absolute atomic E-state index is 12.8. The van der Waals surface area contributed by atoms with Gasteiger partial charge in [0.15, 0.2) is 4.77 Å². The lowest BCUT2D eigenvalue weighted by molar-refractivity contribution is 0.0510. The molecule has 1 aliphatic heterocycles. The number of hydrogen-bond acceptors (Lipinski definition) is 4. The Balaban J connectivity index is 1.61. The molecule has 3 atom stereocenters. The molecule has 4 rings (SSSR count). The molecule has 2 fully saturated rings. The second-order valence-corrected chi connectivity index (χ2v) is 7.50. The van der Waals surface area contributed by atoms with Crippen molar-refractivity contribution >= 4 is 29.0 Å². The largest absolute Gasteiger partial charge is 0.378 e. The Kier molecular flexibility index (Phi) is 4.67. The van der Waals surface area contributed by atoms with Crippen molar-refractivity contribution in [3.63, 3.8) is 0 Å². The molecule has 0 bridgehead atoms. The highest BCUT2D eigenvalue weighted by molar-refractivity contribution is 7.71. The quantitative estimate of drug-likeness (QED) is 0.811. The van der Waals surface area contributed by atoms with Gasteiger partial charge in [-0.15, -0.1) is 0 Å². The van der Waals surface area contributed by atoms with Crippen molar-refractivity contribution in [2.75, 3.05) is 6.61 Å². The molecule has 2 N–H and O–H groups in total. The van der Waals surface area contributed by atoms with Crippen LogP contribution in [-0.4, -0.2) is 34.2 Å². The molecule has 1 saturated carbocycles. The maximum Gasteiger partial charge on any atom is 0.262 e. The minimum atomic E-state index is -0.128. The summed E-state index contributed by atoms with van der Waals surface area (Å²) in [5.41, 5.74) is 1.01. The third-order valence-corrected chi connectivity index (χ3v) is 5.98. The zero-order chi connectivity index (χ0) is 18.3. The van der Waals surface area contributed by atoms with E-state index < -0.39 is 0 Å². The molecule has 3 unspecified atom stereocenters. The van der Waals surface area contributed by atoms with Gasteiger partial charge >= 0.3 is 0 Å². The van der Waals surface area contributed by atoms with Crippen LogP contribution in [0.2, 0.25) is 0 Å². The van der Waals surface area contributed by atoms with Gasteiger partial charge in [0.05, 0.1) is 17.0 Å². The molecule has 6 nitrogen and oxygen atoms in total. The van der Waals surface area contributed by atoms with Crippen LogP contribution in [-0.2, 0) is 11.3 Å². The number of amides is 1. The van der Waals surface area contributed by atoms with E-state index in [1.54, 1.807) is 18.2 Å². The number of aromatic amines is 1. The second-order valence-electron chi connectivity index (χ2n) is 7.11. The molecule has 1 aliphatic carbocycles. The summed E-state index contributed by atoms with van der Waals surface area (Å²) in [6, 6.07) is 5.28. The summed E-state index contributed by atoms with van der Waals surface area (Å²) in [5.74, 6) is 0.305. The van der Waals surface area contributed by atoms with Gasteiger partial charge in [-0.2, -0.15) is 0 Å². The first-order valence-corrected chi connectivity index (χ1v) is 9.68. The van der Waals surface area contributed by atoms with Crippen LogP contribution >= 0.6 is 12.2 Å². The van der Waals surface area contributed by atoms with Crippen molar-refractivity contribution in [1.82, 2.24) is 14.9 Å². The fraction of sp³-hybridized carbons (Fsp3) is 0.526. The molecule has 138 valence electrons. The highest BCUT2D eigenvalue weighted by atomic mass is 32.1. The normalized spacial score (nSPS) is 25.2. The highest BCUT2D eigenvalue weighted by Crippen LogP contribution is 2.34. The first kappa shape index (κ1) is 17.4. The summed E-state index contributed by atoms with van der Waals surface area (Å²) in [6.07, 6.45) is 4.46. The van der Waals surface area contributed by atoms with E-state index in [0.717, 1.165) is 32.3 Å². The van der Waals surface area contributed by atoms with Crippen molar-refractivity contribution in [3.8, 4) is 0 Å². The minimum absolute atomic E-state index is 0.108. The first-order valence-electron chi connectivity index (χ1n) is 9.28. The van der Waals surface area contributed by atoms with E-state index in [1.165, 1.54) is 4.57 Å². The van der Waals surface area contributed by atoms with Crippen molar-refractivity contribution in [2.24, 2.45) is 5.92 Å². The van der Waals surface area contributed by atoms with Crippen molar-refractivity contribution in [1.29, 1.82) is 0 Å². The number of rotatable bonds is 3. The van der Waals surface area contributed by atoms with Gasteiger partial charge in [0.2, 0.25) is 0 Å². The summed E-state index contributed by atoms with van der Waals surface area (Å²) in [5, 5.41) is 3.72. The van der Waals surface area contributed by atoms with Crippen LogP contribution in [0.3, 0.4) is 0 Å². The molecule has 0 radical (unpaired) electrons. The minimum Gasteiger partial charge on any atom is -0.378 e. The van der Waals surface area contributed by atoms with E-state index in [4.69, 9.17) is 17.0 Å². The summed E-state index contributed by atoms with van der Waals surface area (Å²) >= 11 is 5.25. The Morgan fingerprint density at radius 1 is 1.38 bits per heavy atom. The zero-order valence-corrected chi connectivity index (χ0v) is 15.6. The van der Waals surface area contributed by atoms with Gasteiger partial charge in [-0.1, -0.05) is 0 Å². The number of benzene rings is 1. The van der Waals surface area contributed by atoms with Crippen LogP contribution in [0.4, 0.5) is 0 Å². The van der Waals surface area contributed by atoms with E-state index in [1.807, 2.05) is 6.92 Å². The number of aromatic nitrogens is 2. The van der Waals surface area contributed by atoms with Gasteiger partial charge in [-0.25, -0.2) is 0 Å². The number of hydrogen-bond donors (Lipinski definition) is 2. The second kappa shape index (κ2) is 6.96. The highest BCUT2D eigenvalue weighted by Gasteiger charge is 2.38. The Labute approximate surface area is 156 Å². The Morgan fingerprint density at radius 3 is 3.04 bits per heavy atom. The average Bonchev–Trinajstić information content (AvgIpc) is 3.11. The molecule has 2 aromatic rings. The molecule has 2 aliphatic rings. The van der Waals surface area contributed by atoms with Gasteiger partial charge in [0.25, 0.3) is 11.5 Å². The Hall–Kier alpha value is -1.99. The van der Waals surface area contributed by atoms with Gasteiger partial charge in [0.1, 0.15) is 0 Å². The lowest BCUT2D eigenvalue weighted by Crippen LogP contribution is -2.45. The number of H-pyrrole nitrogens is 1. The summed E-state index contributed by atoms with van der Waals surface area (Å²) in [4.78, 5) is 28.3. The Bertz CT molecular complexity index is 965. The van der Waals surface area contributed by atoms with Crippen LogP contribution in [0.1, 0.15) is 43.0 Å². The van der Waals surface area contributed by atoms with E-state index in [-0.39, 0.29) is 23.6 Å². The fourth-order valence-electron chi connectivity index (χ4n) is 4.29. The molecule has 26 heavy (non-hydrogen) atoms. The topological polar surface area (TPSA) is 76.1 Å². The average molecular weight is 373 g/mol. The predicted octanol–water partition coefficient (Wildman–Crippen LogP) is 2.77. The first-order chi connectivity index (χ1) is 12.6. The third kappa shape index (κ3) is 2.99. The number of nitrogens with one attached hydrogen (secondary N) is 2. The number of carbonyl (C=O) groups is 1. The molecular formula is C19H23N3O3S. The van der Waals surface area contributed by atoms with Crippen molar-refractivity contribution in [3.05, 3.63) is 38.9 Å².